The van der Waals surface area contributed by atoms with Crippen molar-refractivity contribution in [2.24, 2.45) is 0 Å². The van der Waals surface area contributed by atoms with Gasteiger partial charge in [0, 0.05) is 9.45 Å². The topological polar surface area (TPSA) is 9.23 Å². The third-order valence-corrected chi connectivity index (χ3v) is 4.26. The van der Waals surface area contributed by atoms with Crippen LogP contribution in [0.4, 0.5) is 0 Å². The summed E-state index contributed by atoms with van der Waals surface area (Å²) in [5, 5.41) is 0.784. The Morgan fingerprint density at radius 1 is 1.26 bits per heavy atom. The van der Waals surface area contributed by atoms with Gasteiger partial charge >= 0.3 is 0 Å². The molecule has 0 radical (unpaired) electrons. The first-order valence-corrected chi connectivity index (χ1v) is 9.04. The average Bonchev–Trinajstić information content (AvgIpc) is 2.41. The zero-order chi connectivity index (χ0) is 14.1. The van der Waals surface area contributed by atoms with Gasteiger partial charge in [0.2, 0.25) is 0 Å². The second kappa shape index (κ2) is 10.0. The van der Waals surface area contributed by atoms with Crippen molar-refractivity contribution in [1.29, 1.82) is 0 Å². The highest BCUT2D eigenvalue weighted by molar-refractivity contribution is 14.1. The van der Waals surface area contributed by atoms with Gasteiger partial charge in [-0.1, -0.05) is 78.9 Å². The smallest absolute Gasteiger partial charge is 0.0918 e. The fourth-order valence-corrected chi connectivity index (χ4v) is 3.03. The Labute approximate surface area is 136 Å². The molecule has 108 valence electrons. The number of benzene rings is 1. The maximum absolute atomic E-state index is 6.15. The molecule has 1 nitrogen and oxygen atoms in total. The average molecular weight is 395 g/mol. The van der Waals surface area contributed by atoms with Crippen LogP contribution in [-0.2, 0) is 4.74 Å². The van der Waals surface area contributed by atoms with E-state index in [0.717, 1.165) is 15.9 Å². The van der Waals surface area contributed by atoms with Crippen LogP contribution >= 0.6 is 34.2 Å². The molecule has 0 heterocycles. The van der Waals surface area contributed by atoms with Gasteiger partial charge in [-0.2, -0.15) is 0 Å². The van der Waals surface area contributed by atoms with Gasteiger partial charge in [-0.3, -0.25) is 0 Å². The minimum absolute atomic E-state index is 0.153. The van der Waals surface area contributed by atoms with Crippen molar-refractivity contribution < 1.29 is 4.74 Å². The van der Waals surface area contributed by atoms with E-state index < -0.39 is 0 Å². The molecule has 0 aliphatic rings. The summed E-state index contributed by atoms with van der Waals surface area (Å²) in [4.78, 5) is 0. The highest BCUT2D eigenvalue weighted by Gasteiger charge is 2.14. The molecule has 2 atom stereocenters. The molecule has 0 aliphatic carbocycles. The first-order valence-electron chi connectivity index (χ1n) is 7.14. The van der Waals surface area contributed by atoms with Crippen LogP contribution in [0.5, 0.6) is 0 Å². The standard InChI is InChI=1S/C16H24ClIO/c1-3-4-5-6-8-13(2)19-16(12-18)14-9-7-10-15(17)11-14/h7,9-11,13,16H,3-6,8,12H2,1-2H3. The summed E-state index contributed by atoms with van der Waals surface area (Å²) in [6, 6.07) is 8.00. The Morgan fingerprint density at radius 3 is 2.68 bits per heavy atom. The van der Waals surface area contributed by atoms with Crippen LogP contribution in [0.25, 0.3) is 0 Å². The number of hydrogen-bond donors (Lipinski definition) is 0. The highest BCUT2D eigenvalue weighted by Crippen LogP contribution is 2.25. The fraction of sp³-hybridized carbons (Fsp3) is 0.625. The summed E-state index contributed by atoms with van der Waals surface area (Å²) in [6.45, 7) is 4.42. The number of halogens is 2. The molecule has 3 heteroatoms. The number of hydrogen-bond acceptors (Lipinski definition) is 1. The van der Waals surface area contributed by atoms with Crippen molar-refractivity contribution in [3.63, 3.8) is 0 Å². The molecule has 0 saturated carbocycles. The van der Waals surface area contributed by atoms with Crippen molar-refractivity contribution in [1.82, 2.24) is 0 Å². The van der Waals surface area contributed by atoms with Gasteiger partial charge in [0.1, 0.15) is 0 Å². The van der Waals surface area contributed by atoms with Gasteiger partial charge in [0.15, 0.2) is 0 Å². The zero-order valence-corrected chi connectivity index (χ0v) is 14.8. The van der Waals surface area contributed by atoms with E-state index in [2.05, 4.69) is 42.5 Å². The molecule has 0 fully saturated rings. The van der Waals surface area contributed by atoms with Crippen LogP contribution in [-0.4, -0.2) is 10.5 Å². The minimum atomic E-state index is 0.153. The summed E-state index contributed by atoms with van der Waals surface area (Å²) in [5.41, 5.74) is 1.18. The summed E-state index contributed by atoms with van der Waals surface area (Å²) in [6.07, 6.45) is 6.81. The van der Waals surface area contributed by atoms with Crippen molar-refractivity contribution in [2.75, 3.05) is 4.43 Å². The molecule has 19 heavy (non-hydrogen) atoms. The van der Waals surface area contributed by atoms with E-state index in [1.165, 1.54) is 31.2 Å². The van der Waals surface area contributed by atoms with E-state index >= 15 is 0 Å². The van der Waals surface area contributed by atoms with Gasteiger partial charge in [-0.05, 0) is 31.0 Å². The fourth-order valence-electron chi connectivity index (χ4n) is 2.12. The Kier molecular flexibility index (Phi) is 9.08. The third kappa shape index (κ3) is 6.96. The van der Waals surface area contributed by atoms with Gasteiger partial charge < -0.3 is 4.74 Å². The van der Waals surface area contributed by atoms with Crippen LogP contribution in [0, 0.1) is 0 Å². The first kappa shape index (κ1) is 17.3. The molecule has 1 aromatic rings. The van der Waals surface area contributed by atoms with Gasteiger partial charge in [0.05, 0.1) is 12.2 Å². The minimum Gasteiger partial charge on any atom is -0.370 e. The van der Waals surface area contributed by atoms with Gasteiger partial charge in [0.25, 0.3) is 0 Å². The summed E-state index contributed by atoms with van der Waals surface area (Å²) < 4.78 is 7.11. The van der Waals surface area contributed by atoms with Crippen LogP contribution in [0.2, 0.25) is 5.02 Å². The van der Waals surface area contributed by atoms with Crippen LogP contribution in [0.3, 0.4) is 0 Å². The maximum atomic E-state index is 6.15. The Hall–Kier alpha value is 0.200. The molecule has 0 amide bonds. The second-order valence-corrected chi connectivity index (χ2v) is 6.31. The summed E-state index contributed by atoms with van der Waals surface area (Å²) in [7, 11) is 0. The zero-order valence-electron chi connectivity index (χ0n) is 11.9. The molecule has 0 aliphatic heterocycles. The number of alkyl halides is 1. The van der Waals surface area contributed by atoms with E-state index in [-0.39, 0.29) is 6.10 Å². The Morgan fingerprint density at radius 2 is 2.05 bits per heavy atom. The molecular formula is C16H24ClIO. The lowest BCUT2D eigenvalue weighted by Crippen LogP contribution is -2.15. The monoisotopic (exact) mass is 394 g/mol. The van der Waals surface area contributed by atoms with E-state index in [1.807, 2.05) is 18.2 Å². The lowest BCUT2D eigenvalue weighted by atomic mass is 10.1. The van der Waals surface area contributed by atoms with Crippen molar-refractivity contribution in [2.45, 2.75) is 58.2 Å². The van der Waals surface area contributed by atoms with E-state index in [0.29, 0.717) is 6.10 Å². The first-order chi connectivity index (χ1) is 9.17. The molecule has 0 saturated heterocycles. The van der Waals surface area contributed by atoms with E-state index in [9.17, 15) is 0 Å². The van der Waals surface area contributed by atoms with Crippen molar-refractivity contribution in [3.05, 3.63) is 34.9 Å². The number of rotatable bonds is 9. The molecule has 1 aromatic carbocycles. The molecule has 0 spiro atoms. The molecule has 0 N–H and O–H groups in total. The molecule has 0 aromatic heterocycles. The van der Waals surface area contributed by atoms with E-state index in [1.54, 1.807) is 0 Å². The number of unbranched alkanes of at least 4 members (excludes halogenated alkanes) is 3. The van der Waals surface area contributed by atoms with E-state index in [4.69, 9.17) is 16.3 Å². The van der Waals surface area contributed by atoms with Crippen molar-refractivity contribution in [3.8, 4) is 0 Å². The van der Waals surface area contributed by atoms with Crippen LogP contribution in [0.15, 0.2) is 24.3 Å². The van der Waals surface area contributed by atoms with Gasteiger partial charge in [-0.15, -0.1) is 0 Å². The number of ether oxygens (including phenoxy) is 1. The maximum Gasteiger partial charge on any atom is 0.0918 e. The lowest BCUT2D eigenvalue weighted by molar-refractivity contribution is 0.00583. The molecule has 0 bridgehead atoms. The Balaban J connectivity index is 2.43. The SMILES string of the molecule is CCCCCCC(C)OC(CI)c1cccc(Cl)c1. The van der Waals surface area contributed by atoms with Crippen LogP contribution in [0.1, 0.15) is 57.6 Å². The molecular weight excluding hydrogens is 371 g/mol. The third-order valence-electron chi connectivity index (χ3n) is 3.22. The predicted molar refractivity (Wildman–Crippen MR) is 92.4 cm³/mol. The second-order valence-electron chi connectivity index (χ2n) is 4.99. The predicted octanol–water partition coefficient (Wildman–Crippen LogP) is 6.19. The largest absolute Gasteiger partial charge is 0.370 e. The van der Waals surface area contributed by atoms with Crippen LogP contribution < -0.4 is 0 Å². The summed E-state index contributed by atoms with van der Waals surface area (Å²) in [5.74, 6) is 0. The lowest BCUT2D eigenvalue weighted by Gasteiger charge is -2.21. The molecule has 2 unspecified atom stereocenters. The summed E-state index contributed by atoms with van der Waals surface area (Å²) >= 11 is 8.42. The van der Waals surface area contributed by atoms with Gasteiger partial charge in [-0.25, -0.2) is 0 Å². The quantitative estimate of drug-likeness (QED) is 0.275. The van der Waals surface area contributed by atoms with Crippen molar-refractivity contribution >= 4 is 34.2 Å². The molecule has 1 rings (SSSR count). The highest BCUT2D eigenvalue weighted by atomic mass is 127. The normalized spacial score (nSPS) is 14.3. The Bertz CT molecular complexity index is 356.